The van der Waals surface area contributed by atoms with Crippen LogP contribution in [-0.4, -0.2) is 28.1 Å². The molecule has 0 bridgehead atoms. The fourth-order valence-corrected chi connectivity index (χ4v) is 3.69. The van der Waals surface area contributed by atoms with Crippen molar-refractivity contribution in [2.75, 3.05) is 7.05 Å². The lowest BCUT2D eigenvalue weighted by atomic mass is 10.2. The molecule has 4 nitrogen and oxygen atoms in total. The van der Waals surface area contributed by atoms with Crippen molar-refractivity contribution in [2.24, 2.45) is 0 Å². The Kier molecular flexibility index (Phi) is 5.36. The smallest absolute Gasteiger partial charge is 0.343 e. The number of esters is 1. The van der Waals surface area contributed by atoms with Crippen LogP contribution in [0.3, 0.4) is 0 Å². The van der Waals surface area contributed by atoms with Gasteiger partial charge in [0.1, 0.15) is 10.1 Å². The number of thioether (sulfide) groups is 1. The third-order valence-electron chi connectivity index (χ3n) is 3.44. The zero-order chi connectivity index (χ0) is 18.0. The fourth-order valence-electron chi connectivity index (χ4n) is 2.11. The van der Waals surface area contributed by atoms with E-state index in [1.807, 2.05) is 6.07 Å². The summed E-state index contributed by atoms with van der Waals surface area (Å²) in [5.41, 5.74) is 1.29. The molecule has 25 heavy (non-hydrogen) atoms. The molecule has 0 N–H and O–H groups in total. The number of amides is 1. The molecule has 0 atom stereocenters. The third kappa shape index (κ3) is 4.18. The number of likely N-dealkylation sites (N-methyl/N-ethyl adjacent to an activating group) is 1. The van der Waals surface area contributed by atoms with Gasteiger partial charge in [0.25, 0.3) is 5.91 Å². The molecule has 2 aromatic carbocycles. The summed E-state index contributed by atoms with van der Waals surface area (Å²) < 4.78 is 6.70. The van der Waals surface area contributed by atoms with Gasteiger partial charge in [-0.25, -0.2) is 4.79 Å². The Morgan fingerprint density at radius 2 is 1.96 bits per heavy atom. The van der Waals surface area contributed by atoms with Gasteiger partial charge >= 0.3 is 5.97 Å². The first-order valence-electron chi connectivity index (χ1n) is 7.23. The van der Waals surface area contributed by atoms with Gasteiger partial charge in [-0.15, -0.1) is 0 Å². The second-order valence-corrected chi connectivity index (χ2v) is 7.80. The fraction of sp³-hybridized carbons (Fsp3) is 0.0556. The van der Waals surface area contributed by atoms with E-state index < -0.39 is 5.97 Å². The molecule has 1 saturated heterocycles. The minimum Gasteiger partial charge on any atom is -0.423 e. The van der Waals surface area contributed by atoms with Gasteiger partial charge in [-0.05, 0) is 42.0 Å². The molecule has 126 valence electrons. The molecule has 7 heteroatoms. The number of halogens is 1. The molecule has 1 aliphatic rings. The highest BCUT2D eigenvalue weighted by atomic mass is 79.9. The summed E-state index contributed by atoms with van der Waals surface area (Å²) in [5.74, 6) is -0.105. The number of ether oxygens (including phenoxy) is 1. The second kappa shape index (κ2) is 7.51. The van der Waals surface area contributed by atoms with E-state index in [4.69, 9.17) is 17.0 Å². The van der Waals surface area contributed by atoms with Gasteiger partial charge in [0.15, 0.2) is 0 Å². The molecule has 2 aromatic rings. The largest absolute Gasteiger partial charge is 0.423 e. The van der Waals surface area contributed by atoms with Crippen LogP contribution in [0.15, 0.2) is 57.9 Å². The van der Waals surface area contributed by atoms with E-state index in [0.717, 1.165) is 10.0 Å². The first kappa shape index (κ1) is 17.8. The molecular formula is C18H12BrNO3S2. The van der Waals surface area contributed by atoms with Gasteiger partial charge in [-0.1, -0.05) is 58.1 Å². The van der Waals surface area contributed by atoms with Crippen molar-refractivity contribution in [1.82, 2.24) is 4.90 Å². The molecule has 0 radical (unpaired) electrons. The van der Waals surface area contributed by atoms with Crippen molar-refractivity contribution >= 4 is 62.2 Å². The van der Waals surface area contributed by atoms with Crippen LogP contribution in [-0.2, 0) is 4.79 Å². The normalized spacial score (nSPS) is 15.8. The van der Waals surface area contributed by atoms with Crippen LogP contribution in [0.5, 0.6) is 5.75 Å². The van der Waals surface area contributed by atoms with E-state index in [2.05, 4.69) is 15.9 Å². The van der Waals surface area contributed by atoms with Crippen molar-refractivity contribution in [1.29, 1.82) is 0 Å². The van der Waals surface area contributed by atoms with E-state index in [1.165, 1.54) is 16.7 Å². The van der Waals surface area contributed by atoms with Crippen LogP contribution >= 0.6 is 39.9 Å². The standard InChI is InChI=1S/C18H12BrNO3S2/c1-20-16(21)15(25-18(20)24)9-11-5-7-14(8-6-11)23-17(22)12-3-2-4-13(19)10-12/h2-10H,1H3. The molecule has 0 spiro atoms. The average Bonchev–Trinajstić information content (AvgIpc) is 2.83. The van der Waals surface area contributed by atoms with Crippen LogP contribution in [0.25, 0.3) is 6.08 Å². The summed E-state index contributed by atoms with van der Waals surface area (Å²) in [5, 5.41) is 0. The number of carbonyl (C=O) groups is 2. The van der Waals surface area contributed by atoms with E-state index in [9.17, 15) is 9.59 Å². The molecule has 1 heterocycles. The van der Waals surface area contributed by atoms with Crippen LogP contribution in [0, 0.1) is 0 Å². The van der Waals surface area contributed by atoms with E-state index in [0.29, 0.717) is 20.5 Å². The van der Waals surface area contributed by atoms with Gasteiger partial charge in [-0.3, -0.25) is 9.69 Å². The number of thiocarbonyl (C=S) groups is 1. The highest BCUT2D eigenvalue weighted by Gasteiger charge is 2.28. The summed E-state index contributed by atoms with van der Waals surface area (Å²) in [6.45, 7) is 0. The summed E-state index contributed by atoms with van der Waals surface area (Å²) in [6, 6.07) is 13.9. The van der Waals surface area contributed by atoms with Crippen molar-refractivity contribution in [2.45, 2.75) is 0 Å². The zero-order valence-electron chi connectivity index (χ0n) is 13.1. The zero-order valence-corrected chi connectivity index (χ0v) is 16.3. The lowest BCUT2D eigenvalue weighted by Crippen LogP contribution is -2.22. The summed E-state index contributed by atoms with van der Waals surface area (Å²) in [7, 11) is 1.66. The number of nitrogens with zero attached hydrogens (tertiary/aromatic N) is 1. The molecule has 0 saturated carbocycles. The molecule has 1 fully saturated rings. The number of rotatable bonds is 3. The number of carbonyl (C=O) groups excluding carboxylic acids is 2. The summed E-state index contributed by atoms with van der Waals surface area (Å²) in [6.07, 6.45) is 1.77. The lowest BCUT2D eigenvalue weighted by Gasteiger charge is -2.05. The second-order valence-electron chi connectivity index (χ2n) is 5.21. The van der Waals surface area contributed by atoms with Gasteiger partial charge in [-0.2, -0.15) is 0 Å². The maximum Gasteiger partial charge on any atom is 0.343 e. The van der Waals surface area contributed by atoms with E-state index >= 15 is 0 Å². The maximum absolute atomic E-state index is 12.1. The topological polar surface area (TPSA) is 46.6 Å². The number of benzene rings is 2. The predicted octanol–water partition coefficient (Wildman–Crippen LogP) is 4.50. The Morgan fingerprint density at radius 3 is 2.56 bits per heavy atom. The van der Waals surface area contributed by atoms with Gasteiger partial charge in [0.2, 0.25) is 0 Å². The summed E-state index contributed by atoms with van der Waals surface area (Å²) in [4.78, 5) is 26.1. The minimum atomic E-state index is -0.430. The molecule has 3 rings (SSSR count). The Morgan fingerprint density at radius 1 is 1.24 bits per heavy atom. The minimum absolute atomic E-state index is 0.111. The van der Waals surface area contributed by atoms with E-state index in [1.54, 1.807) is 55.6 Å². The van der Waals surface area contributed by atoms with Crippen molar-refractivity contribution in [3.63, 3.8) is 0 Å². The molecule has 1 amide bonds. The quantitative estimate of drug-likeness (QED) is 0.308. The third-order valence-corrected chi connectivity index (χ3v) is 5.41. The Bertz CT molecular complexity index is 893. The van der Waals surface area contributed by atoms with Crippen molar-refractivity contribution in [3.8, 4) is 5.75 Å². The molecule has 0 aliphatic carbocycles. The molecule has 1 aliphatic heterocycles. The molecule has 0 aromatic heterocycles. The Labute approximate surface area is 163 Å². The molecular weight excluding hydrogens is 422 g/mol. The Hall–Kier alpha value is -1.96. The monoisotopic (exact) mass is 433 g/mol. The maximum atomic E-state index is 12.1. The van der Waals surface area contributed by atoms with Crippen LogP contribution in [0.2, 0.25) is 0 Å². The lowest BCUT2D eigenvalue weighted by molar-refractivity contribution is -0.121. The summed E-state index contributed by atoms with van der Waals surface area (Å²) >= 11 is 9.70. The first-order valence-corrected chi connectivity index (χ1v) is 9.25. The Balaban J connectivity index is 1.72. The van der Waals surface area contributed by atoms with Crippen molar-refractivity contribution in [3.05, 3.63) is 69.0 Å². The number of hydrogen-bond acceptors (Lipinski definition) is 5. The SMILES string of the molecule is CN1C(=O)C(=Cc2ccc(OC(=O)c3cccc(Br)c3)cc2)SC1=S. The highest BCUT2D eigenvalue weighted by molar-refractivity contribution is 9.10. The van der Waals surface area contributed by atoms with Gasteiger partial charge < -0.3 is 4.74 Å². The van der Waals surface area contributed by atoms with Crippen LogP contribution in [0.1, 0.15) is 15.9 Å². The van der Waals surface area contributed by atoms with Gasteiger partial charge in [0, 0.05) is 11.5 Å². The average molecular weight is 434 g/mol. The predicted molar refractivity (Wildman–Crippen MR) is 106 cm³/mol. The number of hydrogen-bond donors (Lipinski definition) is 0. The van der Waals surface area contributed by atoms with Crippen molar-refractivity contribution < 1.29 is 14.3 Å². The highest BCUT2D eigenvalue weighted by Crippen LogP contribution is 2.31. The molecule has 0 unspecified atom stereocenters. The van der Waals surface area contributed by atoms with Crippen LogP contribution in [0.4, 0.5) is 0 Å². The van der Waals surface area contributed by atoms with Crippen LogP contribution < -0.4 is 4.74 Å². The van der Waals surface area contributed by atoms with E-state index in [-0.39, 0.29) is 5.91 Å². The first-order chi connectivity index (χ1) is 11.9. The van der Waals surface area contributed by atoms with Gasteiger partial charge in [0.05, 0.1) is 10.5 Å².